The third-order valence-corrected chi connectivity index (χ3v) is 4.65. The number of piperidine rings is 1. The van der Waals surface area contributed by atoms with E-state index in [2.05, 4.69) is 0 Å². The largest absolute Gasteiger partial charge is 0.480 e. The second-order valence-corrected chi connectivity index (χ2v) is 5.97. The summed E-state index contributed by atoms with van der Waals surface area (Å²) >= 11 is 1.63. The number of fused-ring (bicyclic) bond motifs is 1. The van der Waals surface area contributed by atoms with Gasteiger partial charge in [-0.05, 0) is 54.3 Å². The quantitative estimate of drug-likeness (QED) is 0.924. The molecule has 1 aliphatic heterocycles. The van der Waals surface area contributed by atoms with Crippen LogP contribution in [0.1, 0.15) is 29.6 Å². The van der Waals surface area contributed by atoms with Crippen molar-refractivity contribution in [3.05, 3.63) is 35.2 Å². The van der Waals surface area contributed by atoms with Crippen molar-refractivity contribution < 1.29 is 14.7 Å². The molecule has 104 valence electrons. The highest BCUT2D eigenvalue weighted by atomic mass is 32.1. The Morgan fingerprint density at radius 2 is 2.10 bits per heavy atom. The zero-order chi connectivity index (χ0) is 14.1. The summed E-state index contributed by atoms with van der Waals surface area (Å²) in [5, 5.41) is 12.3. The Balaban J connectivity index is 1.91. The van der Waals surface area contributed by atoms with Crippen LogP contribution in [0.3, 0.4) is 0 Å². The molecule has 0 spiro atoms. The number of nitrogens with zero attached hydrogens (tertiary/aromatic N) is 1. The van der Waals surface area contributed by atoms with Gasteiger partial charge in [-0.2, -0.15) is 0 Å². The first-order valence-electron chi connectivity index (χ1n) is 6.68. The number of likely N-dealkylation sites (tertiary alicyclic amines) is 1. The molecule has 1 N–H and O–H groups in total. The second kappa shape index (κ2) is 5.25. The number of benzene rings is 1. The van der Waals surface area contributed by atoms with Crippen LogP contribution in [0.25, 0.3) is 10.1 Å². The smallest absolute Gasteiger partial charge is 0.326 e. The van der Waals surface area contributed by atoms with Gasteiger partial charge in [-0.15, -0.1) is 11.3 Å². The van der Waals surface area contributed by atoms with Crippen LogP contribution in [-0.2, 0) is 4.79 Å². The Bertz CT molecular complexity index is 664. The predicted octanol–water partition coefficient (Wildman–Crippen LogP) is 2.98. The molecular formula is C15H15NO3S. The zero-order valence-electron chi connectivity index (χ0n) is 10.9. The lowest BCUT2D eigenvalue weighted by Gasteiger charge is -2.33. The summed E-state index contributed by atoms with van der Waals surface area (Å²) in [6.45, 7) is 0.525. The van der Waals surface area contributed by atoms with Gasteiger partial charge in [0.05, 0.1) is 0 Å². The Hall–Kier alpha value is -1.88. The molecule has 0 unspecified atom stereocenters. The minimum Gasteiger partial charge on any atom is -0.480 e. The van der Waals surface area contributed by atoms with Gasteiger partial charge in [-0.25, -0.2) is 4.79 Å². The lowest BCUT2D eigenvalue weighted by Crippen LogP contribution is -2.47. The molecule has 0 saturated carbocycles. The van der Waals surface area contributed by atoms with E-state index in [0.717, 1.165) is 22.9 Å². The molecule has 20 heavy (non-hydrogen) atoms. The van der Waals surface area contributed by atoms with Gasteiger partial charge in [0.15, 0.2) is 0 Å². The van der Waals surface area contributed by atoms with Gasteiger partial charge in [0.2, 0.25) is 0 Å². The lowest BCUT2D eigenvalue weighted by atomic mass is 10.0. The molecular weight excluding hydrogens is 274 g/mol. The van der Waals surface area contributed by atoms with Gasteiger partial charge in [0.25, 0.3) is 5.91 Å². The Morgan fingerprint density at radius 1 is 1.25 bits per heavy atom. The molecule has 1 amide bonds. The van der Waals surface area contributed by atoms with Crippen molar-refractivity contribution in [3.63, 3.8) is 0 Å². The molecule has 2 heterocycles. The van der Waals surface area contributed by atoms with Gasteiger partial charge in [-0.3, -0.25) is 4.79 Å². The number of thiophene rings is 1. The SMILES string of the molecule is O=C(O)[C@H]1CCCCN1C(=O)c1ccc2sccc2c1. The average molecular weight is 289 g/mol. The van der Waals surface area contributed by atoms with E-state index in [1.165, 1.54) is 4.90 Å². The standard InChI is InChI=1S/C15H15NO3S/c17-14(16-7-2-1-3-12(16)15(18)19)11-4-5-13-10(9-11)6-8-20-13/h4-6,8-9,12H,1-3,7H2,(H,18,19)/t12-/m1/s1. The van der Waals surface area contributed by atoms with Gasteiger partial charge in [0, 0.05) is 16.8 Å². The molecule has 0 bridgehead atoms. The molecule has 0 radical (unpaired) electrons. The molecule has 5 heteroatoms. The minimum absolute atomic E-state index is 0.176. The first kappa shape index (κ1) is 13.1. The fraction of sp³-hybridized carbons (Fsp3) is 0.333. The molecule has 1 aromatic carbocycles. The van der Waals surface area contributed by atoms with Crippen LogP contribution in [0.5, 0.6) is 0 Å². The summed E-state index contributed by atoms with van der Waals surface area (Å²) < 4.78 is 1.13. The number of rotatable bonds is 2. The zero-order valence-corrected chi connectivity index (χ0v) is 11.7. The Labute approximate surface area is 120 Å². The maximum atomic E-state index is 12.5. The van der Waals surface area contributed by atoms with Crippen molar-refractivity contribution in [2.24, 2.45) is 0 Å². The van der Waals surface area contributed by atoms with E-state index in [4.69, 9.17) is 0 Å². The van der Waals surface area contributed by atoms with Crippen LogP contribution in [0, 0.1) is 0 Å². The Morgan fingerprint density at radius 3 is 2.90 bits per heavy atom. The number of carboxylic acid groups (broad SMARTS) is 1. The average Bonchev–Trinajstić information content (AvgIpc) is 2.93. The van der Waals surface area contributed by atoms with Gasteiger partial charge in [0.1, 0.15) is 6.04 Å². The number of carbonyl (C=O) groups is 2. The molecule has 2 aromatic rings. The molecule has 1 aliphatic rings. The van der Waals surface area contributed by atoms with E-state index in [1.807, 2.05) is 23.6 Å². The van der Waals surface area contributed by atoms with Crippen molar-refractivity contribution in [2.75, 3.05) is 6.54 Å². The fourth-order valence-corrected chi connectivity index (χ4v) is 3.47. The summed E-state index contributed by atoms with van der Waals surface area (Å²) in [5.41, 5.74) is 0.573. The highest BCUT2D eigenvalue weighted by Gasteiger charge is 2.32. The molecule has 3 rings (SSSR count). The molecule has 1 aromatic heterocycles. The molecule has 0 aliphatic carbocycles. The lowest BCUT2D eigenvalue weighted by molar-refractivity contribution is -0.143. The fourth-order valence-electron chi connectivity index (χ4n) is 2.70. The van der Waals surface area contributed by atoms with Crippen LogP contribution < -0.4 is 0 Å². The predicted molar refractivity (Wildman–Crippen MR) is 78.1 cm³/mol. The van der Waals surface area contributed by atoms with Crippen LogP contribution in [0.4, 0.5) is 0 Å². The topological polar surface area (TPSA) is 57.6 Å². The van der Waals surface area contributed by atoms with E-state index in [1.54, 1.807) is 17.4 Å². The second-order valence-electron chi connectivity index (χ2n) is 5.02. The van der Waals surface area contributed by atoms with Gasteiger partial charge in [-0.1, -0.05) is 0 Å². The van der Waals surface area contributed by atoms with Crippen molar-refractivity contribution in [3.8, 4) is 0 Å². The third kappa shape index (κ3) is 2.29. The van der Waals surface area contributed by atoms with E-state index in [0.29, 0.717) is 18.5 Å². The van der Waals surface area contributed by atoms with Crippen molar-refractivity contribution in [1.82, 2.24) is 4.90 Å². The Kier molecular flexibility index (Phi) is 3.44. The van der Waals surface area contributed by atoms with Crippen molar-refractivity contribution in [1.29, 1.82) is 0 Å². The minimum atomic E-state index is -0.908. The van der Waals surface area contributed by atoms with Crippen LogP contribution in [-0.4, -0.2) is 34.5 Å². The van der Waals surface area contributed by atoms with E-state index in [9.17, 15) is 14.7 Å². The summed E-state index contributed by atoms with van der Waals surface area (Å²) in [5.74, 6) is -1.08. The maximum Gasteiger partial charge on any atom is 0.326 e. The van der Waals surface area contributed by atoms with Crippen molar-refractivity contribution in [2.45, 2.75) is 25.3 Å². The summed E-state index contributed by atoms with van der Waals surface area (Å²) in [7, 11) is 0. The normalized spacial score (nSPS) is 19.2. The third-order valence-electron chi connectivity index (χ3n) is 3.75. The monoisotopic (exact) mass is 289 g/mol. The highest BCUT2D eigenvalue weighted by Crippen LogP contribution is 2.24. The number of hydrogen-bond donors (Lipinski definition) is 1. The molecule has 1 saturated heterocycles. The first-order valence-corrected chi connectivity index (χ1v) is 7.56. The number of aliphatic carboxylic acids is 1. The van der Waals surface area contributed by atoms with Crippen LogP contribution >= 0.6 is 11.3 Å². The first-order chi connectivity index (χ1) is 9.66. The summed E-state index contributed by atoms with van der Waals surface area (Å²) in [6, 6.07) is 6.85. The van der Waals surface area contributed by atoms with E-state index in [-0.39, 0.29) is 5.91 Å². The van der Waals surface area contributed by atoms with Crippen LogP contribution in [0.2, 0.25) is 0 Å². The molecule has 1 fully saturated rings. The number of carbonyl (C=O) groups excluding carboxylic acids is 1. The number of carboxylic acids is 1. The van der Waals surface area contributed by atoms with E-state index < -0.39 is 12.0 Å². The highest BCUT2D eigenvalue weighted by molar-refractivity contribution is 7.17. The van der Waals surface area contributed by atoms with E-state index >= 15 is 0 Å². The van der Waals surface area contributed by atoms with Crippen LogP contribution in [0.15, 0.2) is 29.6 Å². The molecule has 4 nitrogen and oxygen atoms in total. The molecule has 1 atom stereocenters. The van der Waals surface area contributed by atoms with Gasteiger partial charge < -0.3 is 10.0 Å². The maximum absolute atomic E-state index is 12.5. The van der Waals surface area contributed by atoms with Gasteiger partial charge >= 0.3 is 5.97 Å². The number of amides is 1. The van der Waals surface area contributed by atoms with Crippen molar-refractivity contribution >= 4 is 33.3 Å². The number of hydrogen-bond acceptors (Lipinski definition) is 3. The summed E-state index contributed by atoms with van der Waals surface area (Å²) in [4.78, 5) is 25.3. The summed E-state index contributed by atoms with van der Waals surface area (Å²) in [6.07, 6.45) is 2.28.